The van der Waals surface area contributed by atoms with Crippen molar-refractivity contribution in [1.29, 1.82) is 0 Å². The molecule has 1 N–H and O–H groups in total. The van der Waals surface area contributed by atoms with E-state index in [2.05, 4.69) is 10.4 Å². The van der Waals surface area contributed by atoms with Crippen molar-refractivity contribution in [3.05, 3.63) is 40.9 Å². The number of carbonyl (C=O) groups is 1. The van der Waals surface area contributed by atoms with Gasteiger partial charge >= 0.3 is 0 Å². The Balaban J connectivity index is 1.51. The Hall–Kier alpha value is -1.92. The first-order valence-corrected chi connectivity index (χ1v) is 8.34. The molecule has 3 rings (SSSR count). The van der Waals surface area contributed by atoms with Crippen molar-refractivity contribution < 1.29 is 9.53 Å². The summed E-state index contributed by atoms with van der Waals surface area (Å²) in [6.45, 7) is 1.57. The van der Waals surface area contributed by atoms with Crippen molar-refractivity contribution >= 4 is 29.0 Å². The largest absolute Gasteiger partial charge is 0.376 e. The molecule has 3 heterocycles. The summed E-state index contributed by atoms with van der Waals surface area (Å²) in [6.07, 6.45) is 10.5. The predicted octanol–water partition coefficient (Wildman–Crippen LogP) is 3.17. The van der Waals surface area contributed by atoms with Crippen LogP contribution in [0.15, 0.2) is 36.0 Å². The first kappa shape index (κ1) is 15.0. The summed E-state index contributed by atoms with van der Waals surface area (Å²) in [6, 6.07) is 3.93. The van der Waals surface area contributed by atoms with Gasteiger partial charge in [0.05, 0.1) is 24.5 Å². The molecule has 0 radical (unpaired) electrons. The number of hydrogen-bond donors (Lipinski definition) is 1. The third-order valence-corrected chi connectivity index (χ3v) is 4.35. The van der Waals surface area contributed by atoms with Crippen LogP contribution in [-0.4, -0.2) is 28.4 Å². The highest BCUT2D eigenvalue weighted by Crippen LogP contribution is 2.15. The molecule has 116 valence electrons. The molecule has 6 heteroatoms. The highest BCUT2D eigenvalue weighted by molar-refractivity contribution is 7.10. The van der Waals surface area contributed by atoms with Crippen molar-refractivity contribution in [1.82, 2.24) is 9.78 Å². The van der Waals surface area contributed by atoms with E-state index in [1.165, 1.54) is 12.5 Å². The van der Waals surface area contributed by atoms with Crippen molar-refractivity contribution in [3.63, 3.8) is 0 Å². The van der Waals surface area contributed by atoms with Crippen molar-refractivity contribution in [2.45, 2.75) is 31.9 Å². The first-order valence-electron chi connectivity index (χ1n) is 7.46. The van der Waals surface area contributed by atoms with E-state index in [1.54, 1.807) is 23.6 Å². The Kier molecular flexibility index (Phi) is 5.03. The molecule has 22 heavy (non-hydrogen) atoms. The number of aromatic nitrogens is 2. The van der Waals surface area contributed by atoms with E-state index in [4.69, 9.17) is 4.74 Å². The number of hydrogen-bond acceptors (Lipinski definition) is 4. The summed E-state index contributed by atoms with van der Waals surface area (Å²) < 4.78 is 7.52. The molecule has 1 aliphatic rings. The lowest BCUT2D eigenvalue weighted by atomic mass is 10.1. The average molecular weight is 317 g/mol. The summed E-state index contributed by atoms with van der Waals surface area (Å²) in [5.74, 6) is -0.151. The maximum Gasteiger partial charge on any atom is 0.248 e. The summed E-state index contributed by atoms with van der Waals surface area (Å²) in [5, 5.41) is 9.07. The van der Waals surface area contributed by atoms with Gasteiger partial charge < -0.3 is 10.1 Å². The highest BCUT2D eigenvalue weighted by Gasteiger charge is 2.14. The summed E-state index contributed by atoms with van der Waals surface area (Å²) in [5.41, 5.74) is 0.705. The van der Waals surface area contributed by atoms with Crippen LogP contribution in [0.2, 0.25) is 0 Å². The van der Waals surface area contributed by atoms with Gasteiger partial charge in [0.15, 0.2) is 0 Å². The monoisotopic (exact) mass is 317 g/mol. The van der Waals surface area contributed by atoms with Crippen LogP contribution in [0.4, 0.5) is 5.69 Å². The molecular formula is C16H19N3O2S. The summed E-state index contributed by atoms with van der Waals surface area (Å²) in [4.78, 5) is 12.9. The number of thiophene rings is 1. The molecule has 2 aromatic rings. The molecule has 1 fully saturated rings. The van der Waals surface area contributed by atoms with Gasteiger partial charge in [-0.2, -0.15) is 5.10 Å². The van der Waals surface area contributed by atoms with Gasteiger partial charge in [-0.25, -0.2) is 0 Å². The average Bonchev–Trinajstić information content (AvgIpc) is 3.18. The van der Waals surface area contributed by atoms with Gasteiger partial charge in [-0.1, -0.05) is 6.07 Å². The zero-order chi connectivity index (χ0) is 15.2. The van der Waals surface area contributed by atoms with E-state index in [1.807, 2.05) is 28.4 Å². The number of nitrogens with zero attached hydrogens (tertiary/aromatic N) is 2. The van der Waals surface area contributed by atoms with E-state index < -0.39 is 0 Å². The molecule has 0 unspecified atom stereocenters. The van der Waals surface area contributed by atoms with Crippen LogP contribution in [0.25, 0.3) is 6.08 Å². The van der Waals surface area contributed by atoms with E-state index in [0.717, 1.165) is 30.9 Å². The fourth-order valence-electron chi connectivity index (χ4n) is 2.42. The van der Waals surface area contributed by atoms with Gasteiger partial charge in [0.2, 0.25) is 5.91 Å². The topological polar surface area (TPSA) is 56.2 Å². The smallest absolute Gasteiger partial charge is 0.248 e. The van der Waals surface area contributed by atoms with Gasteiger partial charge in [-0.05, 0) is 36.8 Å². The molecule has 0 aliphatic carbocycles. The number of rotatable bonds is 5. The Morgan fingerprint density at radius 1 is 1.55 bits per heavy atom. The molecular weight excluding hydrogens is 298 g/mol. The van der Waals surface area contributed by atoms with Crippen LogP contribution in [0.5, 0.6) is 0 Å². The molecule has 1 atom stereocenters. The fourth-order valence-corrected chi connectivity index (χ4v) is 3.03. The molecule has 2 aromatic heterocycles. The molecule has 1 aliphatic heterocycles. The Morgan fingerprint density at radius 2 is 2.50 bits per heavy atom. The van der Waals surface area contributed by atoms with E-state index in [-0.39, 0.29) is 12.0 Å². The molecule has 0 saturated carbocycles. The first-order chi connectivity index (χ1) is 10.8. The van der Waals surface area contributed by atoms with Crippen LogP contribution in [0.3, 0.4) is 0 Å². The SMILES string of the molecule is O=C(/C=C/c1cccs1)Nc1cnn(C[C@@H]2CCCCO2)c1. The zero-order valence-electron chi connectivity index (χ0n) is 12.3. The van der Waals surface area contributed by atoms with Crippen LogP contribution < -0.4 is 5.32 Å². The molecule has 1 saturated heterocycles. The lowest BCUT2D eigenvalue weighted by Gasteiger charge is -2.22. The number of amides is 1. The van der Waals surface area contributed by atoms with Crippen molar-refractivity contribution in [2.24, 2.45) is 0 Å². The third kappa shape index (κ3) is 4.29. The minimum Gasteiger partial charge on any atom is -0.376 e. The second-order valence-corrected chi connectivity index (χ2v) is 6.26. The zero-order valence-corrected chi connectivity index (χ0v) is 13.1. The second kappa shape index (κ2) is 7.38. The maximum atomic E-state index is 11.9. The molecule has 1 amide bonds. The minimum atomic E-state index is -0.151. The number of ether oxygens (including phenoxy) is 1. The van der Waals surface area contributed by atoms with E-state index in [0.29, 0.717) is 5.69 Å². The van der Waals surface area contributed by atoms with Crippen LogP contribution in [-0.2, 0) is 16.1 Å². The maximum absolute atomic E-state index is 11.9. The quantitative estimate of drug-likeness (QED) is 0.862. The van der Waals surface area contributed by atoms with Gasteiger partial charge in [0.1, 0.15) is 0 Å². The van der Waals surface area contributed by atoms with Gasteiger partial charge in [-0.15, -0.1) is 11.3 Å². The van der Waals surface area contributed by atoms with Crippen molar-refractivity contribution in [2.75, 3.05) is 11.9 Å². The van der Waals surface area contributed by atoms with Gasteiger partial charge in [-0.3, -0.25) is 9.48 Å². The van der Waals surface area contributed by atoms with E-state index in [9.17, 15) is 4.79 Å². The summed E-state index contributed by atoms with van der Waals surface area (Å²) in [7, 11) is 0. The fraction of sp³-hybridized carbons (Fsp3) is 0.375. The molecule has 0 aromatic carbocycles. The Bertz CT molecular complexity index is 628. The minimum absolute atomic E-state index is 0.151. The highest BCUT2D eigenvalue weighted by atomic mass is 32.1. The molecule has 0 spiro atoms. The number of anilines is 1. The molecule has 5 nitrogen and oxygen atoms in total. The Morgan fingerprint density at radius 3 is 3.27 bits per heavy atom. The lowest BCUT2D eigenvalue weighted by molar-refractivity contribution is -0.111. The predicted molar refractivity (Wildman–Crippen MR) is 87.8 cm³/mol. The van der Waals surface area contributed by atoms with Crippen LogP contribution >= 0.6 is 11.3 Å². The van der Waals surface area contributed by atoms with E-state index >= 15 is 0 Å². The standard InChI is InChI=1S/C16H19N3O2S/c20-16(7-6-15-5-3-9-22-15)18-13-10-17-19(11-13)12-14-4-1-2-8-21-14/h3,5-7,9-11,14H,1-2,4,8,12H2,(H,18,20)/b7-6+/t14-/m0/s1. The third-order valence-electron chi connectivity index (χ3n) is 3.51. The van der Waals surface area contributed by atoms with Crippen LogP contribution in [0.1, 0.15) is 24.1 Å². The number of nitrogens with one attached hydrogen (secondary N) is 1. The van der Waals surface area contributed by atoms with Gasteiger partial charge in [0, 0.05) is 23.8 Å². The Labute approximate surface area is 133 Å². The second-order valence-electron chi connectivity index (χ2n) is 5.28. The lowest BCUT2D eigenvalue weighted by Crippen LogP contribution is -2.24. The van der Waals surface area contributed by atoms with Crippen LogP contribution in [0, 0.1) is 0 Å². The normalized spacial score (nSPS) is 18.6. The molecule has 0 bridgehead atoms. The number of carbonyl (C=O) groups excluding carboxylic acids is 1. The van der Waals surface area contributed by atoms with Gasteiger partial charge in [0.25, 0.3) is 0 Å². The van der Waals surface area contributed by atoms with Crippen molar-refractivity contribution in [3.8, 4) is 0 Å². The summed E-state index contributed by atoms with van der Waals surface area (Å²) >= 11 is 1.60.